The lowest BCUT2D eigenvalue weighted by atomic mass is 10.2. The minimum absolute atomic E-state index is 0.287. The Morgan fingerprint density at radius 2 is 2.11 bits per heavy atom. The van der Waals surface area contributed by atoms with Crippen LogP contribution in [0.15, 0.2) is 28.6 Å². The molecule has 0 amide bonds. The van der Waals surface area contributed by atoms with Crippen molar-refractivity contribution in [2.75, 3.05) is 12.4 Å². The fraction of sp³-hybridized carbons (Fsp3) is 0.385. The van der Waals surface area contributed by atoms with E-state index in [1.165, 1.54) is 23.1 Å². The molecule has 0 bridgehead atoms. The summed E-state index contributed by atoms with van der Waals surface area (Å²) in [5, 5.41) is 18.8. The van der Waals surface area contributed by atoms with Crippen LogP contribution in [0.3, 0.4) is 0 Å². The molecule has 1 atom stereocenters. The minimum Gasteiger partial charge on any atom is -0.491 e. The second-order valence-electron chi connectivity index (χ2n) is 4.13. The second-order valence-corrected chi connectivity index (χ2v) is 6.58. The predicted molar refractivity (Wildman–Crippen MR) is 78.1 cm³/mol. The van der Waals surface area contributed by atoms with Gasteiger partial charge in [-0.2, -0.15) is 0 Å². The van der Waals surface area contributed by atoms with Crippen LogP contribution in [-0.4, -0.2) is 33.8 Å². The van der Waals surface area contributed by atoms with Crippen molar-refractivity contribution in [3.63, 3.8) is 0 Å². The van der Waals surface area contributed by atoms with E-state index in [1.807, 2.05) is 38.1 Å². The molecule has 4 nitrogen and oxygen atoms in total. The number of benzene rings is 1. The smallest absolute Gasteiger partial charge is 0.174 e. The molecule has 0 fully saturated rings. The summed E-state index contributed by atoms with van der Waals surface area (Å²) >= 11 is 3.04. The molecule has 1 aromatic carbocycles. The van der Waals surface area contributed by atoms with E-state index < -0.39 is 6.10 Å². The van der Waals surface area contributed by atoms with Crippen LogP contribution in [0, 0.1) is 13.8 Å². The highest BCUT2D eigenvalue weighted by molar-refractivity contribution is 8.01. The van der Waals surface area contributed by atoms with E-state index in [1.54, 1.807) is 0 Å². The van der Waals surface area contributed by atoms with Crippen LogP contribution in [0.4, 0.5) is 0 Å². The van der Waals surface area contributed by atoms with E-state index in [0.29, 0.717) is 5.75 Å². The number of hydrogen-bond donors (Lipinski definition) is 1. The second kappa shape index (κ2) is 6.88. The molecule has 0 aliphatic rings. The van der Waals surface area contributed by atoms with Crippen LogP contribution in [0.1, 0.15) is 10.6 Å². The van der Waals surface area contributed by atoms with Gasteiger partial charge in [0.2, 0.25) is 0 Å². The number of aryl methyl sites for hydroxylation is 2. The SMILES string of the molecule is Cc1nnc(SCC(O)COc2ccccc2C)s1. The maximum atomic E-state index is 9.88. The predicted octanol–water partition coefficient (Wildman–Crippen LogP) is 2.69. The van der Waals surface area contributed by atoms with Gasteiger partial charge in [0.15, 0.2) is 4.34 Å². The maximum absolute atomic E-state index is 9.88. The average Bonchev–Trinajstić information content (AvgIpc) is 2.81. The highest BCUT2D eigenvalue weighted by Gasteiger charge is 2.09. The van der Waals surface area contributed by atoms with Crippen LogP contribution in [0.5, 0.6) is 5.75 Å². The van der Waals surface area contributed by atoms with Gasteiger partial charge < -0.3 is 9.84 Å². The molecule has 19 heavy (non-hydrogen) atoms. The van der Waals surface area contributed by atoms with Gasteiger partial charge in [-0.3, -0.25) is 0 Å². The van der Waals surface area contributed by atoms with E-state index in [2.05, 4.69) is 10.2 Å². The number of aromatic nitrogens is 2. The van der Waals surface area contributed by atoms with Crippen molar-refractivity contribution in [1.29, 1.82) is 0 Å². The van der Waals surface area contributed by atoms with Crippen LogP contribution in [-0.2, 0) is 0 Å². The number of hydrogen-bond acceptors (Lipinski definition) is 6. The van der Waals surface area contributed by atoms with Crippen molar-refractivity contribution in [3.05, 3.63) is 34.8 Å². The van der Waals surface area contributed by atoms with Crippen molar-refractivity contribution in [2.24, 2.45) is 0 Å². The quantitative estimate of drug-likeness (QED) is 0.831. The standard InChI is InChI=1S/C13H16N2O2S2/c1-9-5-3-4-6-12(9)17-7-11(16)8-18-13-15-14-10(2)19-13/h3-6,11,16H,7-8H2,1-2H3. The topological polar surface area (TPSA) is 55.2 Å². The third kappa shape index (κ3) is 4.49. The molecule has 1 heterocycles. The zero-order chi connectivity index (χ0) is 13.7. The van der Waals surface area contributed by atoms with Gasteiger partial charge in [-0.05, 0) is 25.5 Å². The Morgan fingerprint density at radius 1 is 1.32 bits per heavy atom. The lowest BCUT2D eigenvalue weighted by Crippen LogP contribution is -2.20. The number of thioether (sulfide) groups is 1. The van der Waals surface area contributed by atoms with Crippen LogP contribution < -0.4 is 4.74 Å². The number of ether oxygens (including phenoxy) is 1. The molecule has 0 spiro atoms. The largest absolute Gasteiger partial charge is 0.491 e. The fourth-order valence-corrected chi connectivity index (χ4v) is 3.20. The summed E-state index contributed by atoms with van der Waals surface area (Å²) in [7, 11) is 0. The molecule has 0 aliphatic carbocycles. The first-order chi connectivity index (χ1) is 9.15. The van der Waals surface area contributed by atoms with Gasteiger partial charge in [-0.1, -0.05) is 41.3 Å². The Bertz CT molecular complexity index is 531. The third-order valence-electron chi connectivity index (χ3n) is 2.43. The Hall–Kier alpha value is -1.11. The first-order valence-corrected chi connectivity index (χ1v) is 7.75. The van der Waals surface area contributed by atoms with E-state index in [9.17, 15) is 5.11 Å². The number of nitrogens with zero attached hydrogens (tertiary/aromatic N) is 2. The molecule has 0 radical (unpaired) electrons. The molecule has 1 aromatic heterocycles. The molecule has 2 rings (SSSR count). The van der Waals surface area contributed by atoms with E-state index in [4.69, 9.17) is 4.74 Å². The van der Waals surface area contributed by atoms with Crippen molar-refractivity contribution >= 4 is 23.1 Å². The molecule has 6 heteroatoms. The summed E-state index contributed by atoms with van der Waals surface area (Å²) in [6.07, 6.45) is -0.520. The lowest BCUT2D eigenvalue weighted by molar-refractivity contribution is 0.126. The fourth-order valence-electron chi connectivity index (χ4n) is 1.46. The Morgan fingerprint density at radius 3 is 2.79 bits per heavy atom. The zero-order valence-corrected chi connectivity index (χ0v) is 12.5. The van der Waals surface area contributed by atoms with Gasteiger partial charge >= 0.3 is 0 Å². The maximum Gasteiger partial charge on any atom is 0.174 e. The molecule has 1 unspecified atom stereocenters. The third-order valence-corrected chi connectivity index (χ3v) is 4.55. The normalized spacial score (nSPS) is 12.4. The van der Waals surface area contributed by atoms with Gasteiger partial charge in [0.05, 0.1) is 6.10 Å². The summed E-state index contributed by atoms with van der Waals surface area (Å²) in [6, 6.07) is 7.78. The Labute approximate surface area is 120 Å². The summed E-state index contributed by atoms with van der Waals surface area (Å²) in [5.41, 5.74) is 1.07. The van der Waals surface area contributed by atoms with Gasteiger partial charge in [0.1, 0.15) is 17.4 Å². The van der Waals surface area contributed by atoms with E-state index >= 15 is 0 Å². The Kier molecular flexibility index (Phi) is 5.18. The van der Waals surface area contributed by atoms with Crippen molar-refractivity contribution in [2.45, 2.75) is 24.3 Å². The molecule has 0 aliphatic heterocycles. The van der Waals surface area contributed by atoms with Crippen LogP contribution in [0.25, 0.3) is 0 Å². The Balaban J connectivity index is 1.76. The van der Waals surface area contributed by atoms with Crippen LogP contribution in [0.2, 0.25) is 0 Å². The average molecular weight is 296 g/mol. The number of aliphatic hydroxyl groups excluding tert-OH is 1. The molecule has 1 N–H and O–H groups in total. The number of rotatable bonds is 6. The van der Waals surface area contributed by atoms with Gasteiger partial charge in [0, 0.05) is 5.75 Å². The van der Waals surface area contributed by atoms with E-state index in [0.717, 1.165) is 20.7 Å². The monoisotopic (exact) mass is 296 g/mol. The first kappa shape index (κ1) is 14.3. The summed E-state index contributed by atoms with van der Waals surface area (Å²) in [6.45, 7) is 4.19. The summed E-state index contributed by atoms with van der Waals surface area (Å²) < 4.78 is 6.48. The molecule has 2 aromatic rings. The zero-order valence-electron chi connectivity index (χ0n) is 10.9. The summed E-state index contributed by atoms with van der Waals surface area (Å²) in [4.78, 5) is 0. The highest BCUT2D eigenvalue weighted by Crippen LogP contribution is 2.23. The van der Waals surface area contributed by atoms with Crippen LogP contribution >= 0.6 is 23.1 Å². The van der Waals surface area contributed by atoms with Gasteiger partial charge in [0.25, 0.3) is 0 Å². The molecular weight excluding hydrogens is 280 g/mol. The molecule has 102 valence electrons. The first-order valence-electron chi connectivity index (χ1n) is 5.94. The van der Waals surface area contributed by atoms with Gasteiger partial charge in [-0.15, -0.1) is 10.2 Å². The lowest BCUT2D eigenvalue weighted by Gasteiger charge is -2.12. The molecule has 0 saturated heterocycles. The number of aliphatic hydroxyl groups is 1. The molecule has 0 saturated carbocycles. The minimum atomic E-state index is -0.520. The van der Waals surface area contributed by atoms with Crippen molar-refractivity contribution < 1.29 is 9.84 Å². The van der Waals surface area contributed by atoms with Crippen molar-refractivity contribution in [1.82, 2.24) is 10.2 Å². The summed E-state index contributed by atoms with van der Waals surface area (Å²) in [5.74, 6) is 1.37. The number of para-hydroxylation sites is 1. The van der Waals surface area contributed by atoms with Gasteiger partial charge in [-0.25, -0.2) is 0 Å². The molecular formula is C13H16N2O2S2. The van der Waals surface area contributed by atoms with E-state index in [-0.39, 0.29) is 6.61 Å². The van der Waals surface area contributed by atoms with Crippen molar-refractivity contribution in [3.8, 4) is 5.75 Å². The highest BCUT2D eigenvalue weighted by atomic mass is 32.2.